The number of Topliss-reactive ketones (excluding diaryl/α,β-unsaturated/α-hetero) is 1. The molecular formula is C19H13ClO3. The average molecular weight is 325 g/mol. The summed E-state index contributed by atoms with van der Waals surface area (Å²) in [6.45, 7) is 0. The number of ether oxygens (including phenoxy) is 1. The first-order valence-electron chi connectivity index (χ1n) is 7.09. The summed E-state index contributed by atoms with van der Waals surface area (Å²) in [6, 6.07) is 21.4. The van der Waals surface area contributed by atoms with Crippen LogP contribution >= 0.6 is 11.6 Å². The van der Waals surface area contributed by atoms with Gasteiger partial charge in [0.2, 0.25) is 0 Å². The molecule has 0 fully saturated rings. The molecule has 0 saturated heterocycles. The second-order valence-electron chi connectivity index (χ2n) is 5.02. The minimum Gasteiger partial charge on any atom is -0.425 e. The maximum Gasteiger partial charge on any atom is 0.337 e. The molecule has 0 bridgehead atoms. The van der Waals surface area contributed by atoms with Crippen molar-refractivity contribution in [2.45, 2.75) is 5.38 Å². The molecular weight excluding hydrogens is 312 g/mol. The third kappa shape index (κ3) is 3.41. The summed E-state index contributed by atoms with van der Waals surface area (Å²) < 4.78 is 5.24. The molecule has 114 valence electrons. The van der Waals surface area contributed by atoms with Crippen molar-refractivity contribution in [2.24, 2.45) is 0 Å². The minimum absolute atomic E-state index is 0.361. The van der Waals surface area contributed by atoms with Crippen LogP contribution in [0.15, 0.2) is 72.8 Å². The van der Waals surface area contributed by atoms with Crippen LogP contribution in [0.25, 0.3) is 10.8 Å². The van der Waals surface area contributed by atoms with E-state index in [0.29, 0.717) is 11.3 Å². The van der Waals surface area contributed by atoms with Gasteiger partial charge in [0.15, 0.2) is 11.2 Å². The Morgan fingerprint density at radius 2 is 1.48 bits per heavy atom. The van der Waals surface area contributed by atoms with Gasteiger partial charge in [-0.3, -0.25) is 4.79 Å². The van der Waals surface area contributed by atoms with Crippen molar-refractivity contribution in [1.82, 2.24) is 0 Å². The van der Waals surface area contributed by atoms with E-state index < -0.39 is 17.1 Å². The van der Waals surface area contributed by atoms with Gasteiger partial charge in [0.25, 0.3) is 0 Å². The Morgan fingerprint density at radius 3 is 2.22 bits per heavy atom. The molecule has 1 atom stereocenters. The van der Waals surface area contributed by atoms with Gasteiger partial charge < -0.3 is 4.74 Å². The van der Waals surface area contributed by atoms with E-state index in [4.69, 9.17) is 16.3 Å². The largest absolute Gasteiger partial charge is 0.425 e. The molecule has 0 saturated carbocycles. The van der Waals surface area contributed by atoms with Crippen LogP contribution in [0, 0.1) is 0 Å². The van der Waals surface area contributed by atoms with Gasteiger partial charge in [-0.2, -0.15) is 0 Å². The molecule has 1 unspecified atom stereocenters. The van der Waals surface area contributed by atoms with Crippen LogP contribution in [-0.2, 0) is 4.79 Å². The van der Waals surface area contributed by atoms with Crippen LogP contribution in [0.3, 0.4) is 0 Å². The van der Waals surface area contributed by atoms with Gasteiger partial charge in [-0.25, -0.2) is 4.79 Å². The maximum atomic E-state index is 12.2. The highest BCUT2D eigenvalue weighted by atomic mass is 35.5. The Kier molecular flexibility index (Phi) is 4.40. The number of hydrogen-bond acceptors (Lipinski definition) is 3. The van der Waals surface area contributed by atoms with Crippen LogP contribution in [0.5, 0.6) is 5.75 Å². The molecule has 3 nitrogen and oxygen atoms in total. The van der Waals surface area contributed by atoms with Crippen LogP contribution in [-0.4, -0.2) is 17.1 Å². The van der Waals surface area contributed by atoms with Crippen molar-refractivity contribution in [3.8, 4) is 5.75 Å². The third-order valence-corrected chi connectivity index (χ3v) is 3.81. The fourth-order valence-electron chi connectivity index (χ4n) is 2.25. The van der Waals surface area contributed by atoms with E-state index in [1.54, 1.807) is 42.5 Å². The highest BCUT2D eigenvalue weighted by Gasteiger charge is 2.27. The Balaban J connectivity index is 1.76. The van der Waals surface area contributed by atoms with Crippen molar-refractivity contribution >= 4 is 34.1 Å². The van der Waals surface area contributed by atoms with Crippen LogP contribution in [0.2, 0.25) is 0 Å². The number of carbonyl (C=O) groups excluding carboxylic acids is 2. The zero-order valence-corrected chi connectivity index (χ0v) is 12.9. The fraction of sp³-hybridized carbons (Fsp3) is 0.0526. The molecule has 0 aliphatic heterocycles. The summed E-state index contributed by atoms with van der Waals surface area (Å²) in [4.78, 5) is 24.2. The number of benzene rings is 3. The molecule has 0 aromatic heterocycles. The lowest BCUT2D eigenvalue weighted by Gasteiger charge is -2.09. The van der Waals surface area contributed by atoms with Crippen molar-refractivity contribution in [3.63, 3.8) is 0 Å². The number of halogens is 1. The summed E-state index contributed by atoms with van der Waals surface area (Å²) in [5.74, 6) is -0.894. The predicted molar refractivity (Wildman–Crippen MR) is 90.0 cm³/mol. The summed E-state index contributed by atoms with van der Waals surface area (Å²) in [7, 11) is 0. The molecule has 3 aromatic carbocycles. The zero-order chi connectivity index (χ0) is 16.2. The van der Waals surface area contributed by atoms with Crippen LogP contribution in [0.4, 0.5) is 0 Å². The molecule has 23 heavy (non-hydrogen) atoms. The molecule has 4 heteroatoms. The second kappa shape index (κ2) is 6.63. The van der Waals surface area contributed by atoms with E-state index in [1.165, 1.54) is 0 Å². The second-order valence-corrected chi connectivity index (χ2v) is 5.46. The lowest BCUT2D eigenvalue weighted by Crippen LogP contribution is -2.29. The quantitative estimate of drug-likeness (QED) is 0.237. The van der Waals surface area contributed by atoms with Crippen molar-refractivity contribution in [3.05, 3.63) is 78.4 Å². The van der Waals surface area contributed by atoms with E-state index in [-0.39, 0.29) is 0 Å². The van der Waals surface area contributed by atoms with Gasteiger partial charge in [0.05, 0.1) is 0 Å². The van der Waals surface area contributed by atoms with Crippen molar-refractivity contribution in [1.29, 1.82) is 0 Å². The molecule has 0 spiro atoms. The first kappa shape index (κ1) is 15.3. The molecule has 0 N–H and O–H groups in total. The SMILES string of the molecule is O=C(Oc1ccc2ccccc2c1)C(Cl)C(=O)c1ccccc1. The Labute approximate surface area is 138 Å². The van der Waals surface area contributed by atoms with E-state index in [9.17, 15) is 9.59 Å². The van der Waals surface area contributed by atoms with Crippen molar-refractivity contribution < 1.29 is 14.3 Å². The molecule has 0 amide bonds. The number of fused-ring (bicyclic) bond motifs is 1. The van der Waals surface area contributed by atoms with E-state index in [0.717, 1.165) is 10.8 Å². The number of alkyl halides is 1. The summed E-state index contributed by atoms with van der Waals surface area (Å²) in [6.07, 6.45) is 0. The van der Waals surface area contributed by atoms with Gasteiger partial charge in [-0.05, 0) is 22.9 Å². The molecule has 0 radical (unpaired) electrons. The summed E-state index contributed by atoms with van der Waals surface area (Å²) in [5, 5.41) is 0.609. The zero-order valence-electron chi connectivity index (χ0n) is 12.1. The highest BCUT2D eigenvalue weighted by Crippen LogP contribution is 2.21. The van der Waals surface area contributed by atoms with Gasteiger partial charge in [0.1, 0.15) is 5.75 Å². The lowest BCUT2D eigenvalue weighted by molar-refractivity contribution is -0.133. The number of esters is 1. The Hall–Kier alpha value is -2.65. The Morgan fingerprint density at radius 1 is 0.826 bits per heavy atom. The minimum atomic E-state index is -1.37. The summed E-state index contributed by atoms with van der Waals surface area (Å²) >= 11 is 5.96. The normalized spacial score (nSPS) is 11.9. The van der Waals surface area contributed by atoms with Gasteiger partial charge in [-0.1, -0.05) is 60.7 Å². The lowest BCUT2D eigenvalue weighted by atomic mass is 10.1. The van der Waals surface area contributed by atoms with Gasteiger partial charge >= 0.3 is 5.97 Å². The smallest absolute Gasteiger partial charge is 0.337 e. The number of hydrogen-bond donors (Lipinski definition) is 0. The molecule has 0 aliphatic rings. The third-order valence-electron chi connectivity index (χ3n) is 3.43. The number of ketones is 1. The summed E-state index contributed by atoms with van der Waals surface area (Å²) in [5.41, 5.74) is 0.378. The van der Waals surface area contributed by atoms with Gasteiger partial charge in [-0.15, -0.1) is 11.6 Å². The van der Waals surface area contributed by atoms with Crippen LogP contribution < -0.4 is 4.74 Å². The number of carbonyl (C=O) groups is 2. The average Bonchev–Trinajstić information content (AvgIpc) is 2.61. The monoisotopic (exact) mass is 324 g/mol. The van der Waals surface area contributed by atoms with Crippen LogP contribution in [0.1, 0.15) is 10.4 Å². The van der Waals surface area contributed by atoms with E-state index in [2.05, 4.69) is 0 Å². The highest BCUT2D eigenvalue weighted by molar-refractivity contribution is 6.43. The predicted octanol–water partition coefficient (Wildman–Crippen LogP) is 4.24. The van der Waals surface area contributed by atoms with E-state index >= 15 is 0 Å². The number of rotatable bonds is 4. The molecule has 0 aliphatic carbocycles. The standard InChI is InChI=1S/C19H13ClO3/c20-17(18(21)14-7-2-1-3-8-14)19(22)23-16-11-10-13-6-4-5-9-15(13)12-16/h1-12,17H. The molecule has 3 aromatic rings. The molecule has 0 heterocycles. The molecule has 3 rings (SSSR count). The Bertz CT molecular complexity index is 859. The fourth-order valence-corrected chi connectivity index (χ4v) is 2.43. The van der Waals surface area contributed by atoms with E-state index in [1.807, 2.05) is 30.3 Å². The first-order chi connectivity index (χ1) is 11.1. The van der Waals surface area contributed by atoms with Gasteiger partial charge in [0, 0.05) is 5.56 Å². The maximum absolute atomic E-state index is 12.2. The topological polar surface area (TPSA) is 43.4 Å². The van der Waals surface area contributed by atoms with Crippen molar-refractivity contribution in [2.75, 3.05) is 0 Å². The first-order valence-corrected chi connectivity index (χ1v) is 7.52.